The van der Waals surface area contributed by atoms with Crippen LogP contribution in [0.25, 0.3) is 6.08 Å². The summed E-state index contributed by atoms with van der Waals surface area (Å²) in [6, 6.07) is 19.9. The maximum absolute atomic E-state index is 12.5. The first-order chi connectivity index (χ1) is 15.4. The van der Waals surface area contributed by atoms with E-state index in [1.807, 2.05) is 12.1 Å². The number of amides is 2. The SMILES string of the molecule is COc1cc(NC(=O)/C=C/c2ccc(C(C)C)cc2)ccc1NC(=O)c1ccccc1Cl. The van der Waals surface area contributed by atoms with E-state index in [0.717, 1.165) is 5.56 Å². The molecule has 3 aromatic rings. The van der Waals surface area contributed by atoms with E-state index in [4.69, 9.17) is 16.3 Å². The van der Waals surface area contributed by atoms with Crippen LogP contribution in [0.3, 0.4) is 0 Å². The van der Waals surface area contributed by atoms with Gasteiger partial charge in [-0.2, -0.15) is 0 Å². The Morgan fingerprint density at radius 1 is 0.969 bits per heavy atom. The van der Waals surface area contributed by atoms with E-state index in [1.165, 1.54) is 18.7 Å². The molecule has 2 amide bonds. The molecule has 0 saturated carbocycles. The van der Waals surface area contributed by atoms with E-state index in [2.05, 4.69) is 36.6 Å². The Morgan fingerprint density at radius 3 is 2.34 bits per heavy atom. The van der Waals surface area contributed by atoms with Crippen molar-refractivity contribution in [3.05, 3.63) is 94.5 Å². The van der Waals surface area contributed by atoms with Gasteiger partial charge in [0.05, 0.1) is 23.4 Å². The molecule has 164 valence electrons. The highest BCUT2D eigenvalue weighted by atomic mass is 35.5. The van der Waals surface area contributed by atoms with Gasteiger partial charge in [0.15, 0.2) is 0 Å². The molecule has 0 bridgehead atoms. The van der Waals surface area contributed by atoms with Gasteiger partial charge in [-0.05, 0) is 47.4 Å². The summed E-state index contributed by atoms with van der Waals surface area (Å²) in [6.07, 6.45) is 3.23. The molecule has 0 aliphatic carbocycles. The molecule has 0 heterocycles. The van der Waals surface area contributed by atoms with Gasteiger partial charge in [-0.25, -0.2) is 0 Å². The fourth-order valence-corrected chi connectivity index (χ4v) is 3.28. The van der Waals surface area contributed by atoms with Crippen molar-refractivity contribution >= 4 is 40.9 Å². The average Bonchev–Trinajstić information content (AvgIpc) is 2.79. The third-order valence-electron chi connectivity index (χ3n) is 4.87. The second-order valence-electron chi connectivity index (χ2n) is 7.49. The predicted molar refractivity (Wildman–Crippen MR) is 131 cm³/mol. The van der Waals surface area contributed by atoms with Gasteiger partial charge in [0, 0.05) is 17.8 Å². The van der Waals surface area contributed by atoms with E-state index in [9.17, 15) is 9.59 Å². The van der Waals surface area contributed by atoms with Crippen molar-refractivity contribution in [1.29, 1.82) is 0 Å². The fourth-order valence-electron chi connectivity index (χ4n) is 3.06. The Balaban J connectivity index is 1.66. The average molecular weight is 449 g/mol. The summed E-state index contributed by atoms with van der Waals surface area (Å²) in [5.74, 6) is 0.255. The van der Waals surface area contributed by atoms with E-state index in [0.29, 0.717) is 33.6 Å². The second kappa shape index (κ2) is 10.6. The maximum atomic E-state index is 12.5. The Bertz CT molecular complexity index is 1140. The van der Waals surface area contributed by atoms with Crippen molar-refractivity contribution in [2.75, 3.05) is 17.7 Å². The molecule has 2 N–H and O–H groups in total. The van der Waals surface area contributed by atoms with Crippen LogP contribution in [0.2, 0.25) is 5.02 Å². The van der Waals surface area contributed by atoms with Crippen LogP contribution >= 0.6 is 11.6 Å². The second-order valence-corrected chi connectivity index (χ2v) is 7.90. The zero-order valence-corrected chi connectivity index (χ0v) is 18.9. The summed E-state index contributed by atoms with van der Waals surface area (Å²) in [7, 11) is 1.49. The number of halogens is 1. The van der Waals surface area contributed by atoms with Gasteiger partial charge < -0.3 is 15.4 Å². The Labute approximate surface area is 193 Å². The number of hydrogen-bond acceptors (Lipinski definition) is 3. The lowest BCUT2D eigenvalue weighted by Gasteiger charge is -2.13. The summed E-state index contributed by atoms with van der Waals surface area (Å²) >= 11 is 6.09. The number of carbonyl (C=O) groups is 2. The van der Waals surface area contributed by atoms with Crippen molar-refractivity contribution in [2.45, 2.75) is 19.8 Å². The van der Waals surface area contributed by atoms with Gasteiger partial charge in [0.2, 0.25) is 5.91 Å². The standard InChI is InChI=1S/C26H25ClN2O3/c1-17(2)19-11-8-18(9-12-19)10-15-25(30)28-20-13-14-23(24(16-20)32-3)29-26(31)21-6-4-5-7-22(21)27/h4-17H,1-3H3,(H,28,30)(H,29,31)/b15-10+. The lowest BCUT2D eigenvalue weighted by Crippen LogP contribution is -2.13. The first kappa shape index (κ1) is 23.1. The van der Waals surface area contributed by atoms with E-state index in [-0.39, 0.29) is 11.8 Å². The smallest absolute Gasteiger partial charge is 0.257 e. The summed E-state index contributed by atoms with van der Waals surface area (Å²) in [5, 5.41) is 5.94. The van der Waals surface area contributed by atoms with Crippen LogP contribution in [-0.4, -0.2) is 18.9 Å². The molecular formula is C26H25ClN2O3. The quantitative estimate of drug-likeness (QED) is 0.412. The zero-order chi connectivity index (χ0) is 23.1. The molecule has 0 aliphatic rings. The molecule has 0 aliphatic heterocycles. The zero-order valence-electron chi connectivity index (χ0n) is 18.2. The highest BCUT2D eigenvalue weighted by molar-refractivity contribution is 6.34. The molecule has 0 spiro atoms. The number of rotatable bonds is 7. The van der Waals surface area contributed by atoms with E-state index < -0.39 is 0 Å². The number of methoxy groups -OCH3 is 1. The first-order valence-corrected chi connectivity index (χ1v) is 10.6. The largest absolute Gasteiger partial charge is 0.494 e. The maximum Gasteiger partial charge on any atom is 0.257 e. The molecule has 0 unspecified atom stereocenters. The van der Waals surface area contributed by atoms with Crippen LogP contribution in [0.5, 0.6) is 5.75 Å². The van der Waals surface area contributed by atoms with Gasteiger partial charge >= 0.3 is 0 Å². The Kier molecular flexibility index (Phi) is 7.68. The molecule has 0 atom stereocenters. The van der Waals surface area contributed by atoms with Crippen molar-refractivity contribution in [3.63, 3.8) is 0 Å². The predicted octanol–water partition coefficient (Wildman–Crippen LogP) is 6.38. The molecule has 3 rings (SSSR count). The minimum atomic E-state index is -0.350. The van der Waals surface area contributed by atoms with Crippen LogP contribution in [-0.2, 0) is 4.79 Å². The highest BCUT2D eigenvalue weighted by Crippen LogP contribution is 2.29. The van der Waals surface area contributed by atoms with Crippen molar-refractivity contribution in [3.8, 4) is 5.75 Å². The number of ether oxygens (including phenoxy) is 1. The number of hydrogen-bond donors (Lipinski definition) is 2. The molecule has 0 fully saturated rings. The summed E-state index contributed by atoms with van der Waals surface area (Å²) < 4.78 is 5.38. The van der Waals surface area contributed by atoms with Crippen LogP contribution in [0.15, 0.2) is 72.8 Å². The molecule has 3 aromatic carbocycles. The van der Waals surface area contributed by atoms with Crippen LogP contribution in [0.4, 0.5) is 11.4 Å². The summed E-state index contributed by atoms with van der Waals surface area (Å²) in [6.45, 7) is 4.28. The minimum absolute atomic E-state index is 0.271. The molecule has 0 radical (unpaired) electrons. The van der Waals surface area contributed by atoms with Crippen LogP contribution < -0.4 is 15.4 Å². The minimum Gasteiger partial charge on any atom is -0.494 e. The number of nitrogens with one attached hydrogen (secondary N) is 2. The van der Waals surface area contributed by atoms with Gasteiger partial charge in [-0.3, -0.25) is 9.59 Å². The molecule has 6 heteroatoms. The topological polar surface area (TPSA) is 67.4 Å². The third-order valence-corrected chi connectivity index (χ3v) is 5.20. The number of benzene rings is 3. The van der Waals surface area contributed by atoms with Gasteiger partial charge in [0.25, 0.3) is 5.91 Å². The van der Waals surface area contributed by atoms with Gasteiger partial charge in [-0.1, -0.05) is 61.8 Å². The van der Waals surface area contributed by atoms with E-state index in [1.54, 1.807) is 48.5 Å². The van der Waals surface area contributed by atoms with E-state index >= 15 is 0 Å². The van der Waals surface area contributed by atoms with Crippen molar-refractivity contribution < 1.29 is 14.3 Å². The molecule has 5 nitrogen and oxygen atoms in total. The van der Waals surface area contributed by atoms with Crippen molar-refractivity contribution in [2.24, 2.45) is 0 Å². The Hall–Kier alpha value is -3.57. The lowest BCUT2D eigenvalue weighted by atomic mass is 10.0. The molecule has 0 aromatic heterocycles. The molecule has 32 heavy (non-hydrogen) atoms. The van der Waals surface area contributed by atoms with Crippen molar-refractivity contribution in [1.82, 2.24) is 0 Å². The molecule has 0 saturated heterocycles. The van der Waals surface area contributed by atoms with Crippen LogP contribution in [0.1, 0.15) is 41.3 Å². The third kappa shape index (κ3) is 5.99. The highest BCUT2D eigenvalue weighted by Gasteiger charge is 2.13. The fraction of sp³-hybridized carbons (Fsp3) is 0.154. The van der Waals surface area contributed by atoms with Gasteiger partial charge in [-0.15, -0.1) is 0 Å². The number of anilines is 2. The lowest BCUT2D eigenvalue weighted by molar-refractivity contribution is -0.111. The molecular weight excluding hydrogens is 424 g/mol. The normalized spacial score (nSPS) is 10.9. The first-order valence-electron chi connectivity index (χ1n) is 10.2. The monoisotopic (exact) mass is 448 g/mol. The van der Waals surface area contributed by atoms with Crippen LogP contribution in [0, 0.1) is 0 Å². The number of carbonyl (C=O) groups excluding carboxylic acids is 2. The summed E-state index contributed by atoms with van der Waals surface area (Å²) in [5.41, 5.74) is 3.57. The summed E-state index contributed by atoms with van der Waals surface area (Å²) in [4.78, 5) is 24.8. The van der Waals surface area contributed by atoms with Gasteiger partial charge in [0.1, 0.15) is 5.75 Å². The Morgan fingerprint density at radius 2 is 1.69 bits per heavy atom.